The van der Waals surface area contributed by atoms with Crippen molar-refractivity contribution in [2.24, 2.45) is 0 Å². The Labute approximate surface area is 255 Å². The number of carboxylic acids is 6. The lowest BCUT2D eigenvalue weighted by atomic mass is 10.1. The van der Waals surface area contributed by atoms with Gasteiger partial charge in [-0.05, 0) is 11.1 Å². The predicted molar refractivity (Wildman–Crippen MR) is 169 cm³/mol. The molecule has 44 heavy (non-hydrogen) atoms. The molecule has 12 nitrogen and oxygen atoms in total. The van der Waals surface area contributed by atoms with E-state index in [9.17, 15) is 28.8 Å². The quantitative estimate of drug-likeness (QED) is 0.163. The maximum atomic E-state index is 9.25. The second kappa shape index (κ2) is 36.4. The molecule has 0 saturated carbocycles. The van der Waals surface area contributed by atoms with Gasteiger partial charge in [0.05, 0.1) is 0 Å². The fourth-order valence-electron chi connectivity index (χ4n) is 1.32. The lowest BCUT2D eigenvalue weighted by Crippen LogP contribution is -1.82. The van der Waals surface area contributed by atoms with Gasteiger partial charge in [-0.3, -0.25) is 0 Å². The highest BCUT2D eigenvalue weighted by Crippen LogP contribution is 2.06. The summed E-state index contributed by atoms with van der Waals surface area (Å²) in [5.74, 6) is -5.89. The summed E-state index contributed by atoms with van der Waals surface area (Å²) >= 11 is 0. The Balaban J connectivity index is -0.000000145. The number of carbonyl (C=O) groups is 6. The minimum atomic E-state index is -0.981. The van der Waals surface area contributed by atoms with Gasteiger partial charge in [-0.2, -0.15) is 0 Å². The normalized spacial score (nSPS) is 7.73. The zero-order valence-electron chi connectivity index (χ0n) is 23.8. The zero-order valence-corrected chi connectivity index (χ0v) is 23.8. The van der Waals surface area contributed by atoms with Gasteiger partial charge in [-0.15, -0.1) is 0 Å². The molecule has 0 aliphatic carbocycles. The number of hydrogen-bond donors (Lipinski definition) is 6. The van der Waals surface area contributed by atoms with E-state index in [1.165, 1.54) is 11.1 Å². The molecule has 0 fully saturated rings. The average molecular weight is 613 g/mol. The molecule has 0 aliphatic heterocycles. The lowest BCUT2D eigenvalue weighted by Gasteiger charge is -1.92. The van der Waals surface area contributed by atoms with Crippen LogP contribution in [0.2, 0.25) is 0 Å². The minimum absolute atomic E-state index is 0.833. The summed E-state index contributed by atoms with van der Waals surface area (Å²) in [6, 6.07) is 20.6. The third-order valence-electron chi connectivity index (χ3n) is 3.12. The van der Waals surface area contributed by atoms with Crippen molar-refractivity contribution < 1.29 is 59.4 Å². The van der Waals surface area contributed by atoms with Gasteiger partial charge < -0.3 is 30.6 Å². The molecule has 0 heterocycles. The van der Waals surface area contributed by atoms with Crippen LogP contribution in [0.4, 0.5) is 0 Å². The van der Waals surface area contributed by atoms with Crippen molar-refractivity contribution in [1.82, 2.24) is 0 Å². The van der Waals surface area contributed by atoms with Crippen LogP contribution >= 0.6 is 0 Å². The maximum absolute atomic E-state index is 9.25. The first-order valence-electron chi connectivity index (χ1n) is 11.5. The van der Waals surface area contributed by atoms with E-state index in [0.29, 0.717) is 0 Å². The second-order valence-corrected chi connectivity index (χ2v) is 6.41. The molecule has 2 aromatic carbocycles. The van der Waals surface area contributed by atoms with Crippen molar-refractivity contribution in [3.05, 3.63) is 148 Å². The average Bonchev–Trinajstić information content (AvgIpc) is 3.02. The van der Waals surface area contributed by atoms with Crippen LogP contribution in [-0.2, 0) is 28.8 Å². The van der Waals surface area contributed by atoms with E-state index in [2.05, 4.69) is 75.9 Å². The Morgan fingerprint density at radius 1 is 0.364 bits per heavy atom. The van der Waals surface area contributed by atoms with Gasteiger partial charge in [-0.25, -0.2) is 28.8 Å². The van der Waals surface area contributed by atoms with E-state index < -0.39 is 35.8 Å². The van der Waals surface area contributed by atoms with Gasteiger partial charge in [0.15, 0.2) is 0 Å². The Bertz CT molecular complexity index is 1030. The van der Waals surface area contributed by atoms with Crippen molar-refractivity contribution >= 4 is 48.0 Å². The molecule has 0 aliphatic rings. The molecule has 0 unspecified atom stereocenters. The van der Waals surface area contributed by atoms with Gasteiger partial charge in [0.2, 0.25) is 0 Å². The smallest absolute Gasteiger partial charge is 0.327 e. The summed E-state index contributed by atoms with van der Waals surface area (Å²) in [7, 11) is 0. The summed E-state index contributed by atoms with van der Waals surface area (Å²) in [6.07, 6.45) is 9.24. The van der Waals surface area contributed by atoms with E-state index in [-0.39, 0.29) is 0 Å². The Morgan fingerprint density at radius 3 is 0.614 bits per heavy atom. The van der Waals surface area contributed by atoms with Crippen LogP contribution in [0.15, 0.2) is 137 Å². The highest BCUT2D eigenvalue weighted by molar-refractivity contribution is 5.80. The molecule has 0 amide bonds. The summed E-state index contributed by atoms with van der Waals surface area (Å²) < 4.78 is 0. The molecule has 0 aromatic heterocycles. The van der Waals surface area contributed by atoms with Crippen molar-refractivity contribution in [2.75, 3.05) is 0 Å². The molecule has 0 radical (unpaired) electrons. The van der Waals surface area contributed by atoms with E-state index in [1.54, 1.807) is 0 Å². The number of aliphatic carboxylic acids is 6. The molecule has 0 atom stereocenters. The van der Waals surface area contributed by atoms with Gasteiger partial charge in [-0.1, -0.05) is 112 Å². The lowest BCUT2D eigenvalue weighted by molar-refractivity contribution is -0.132. The zero-order chi connectivity index (χ0) is 35.3. The molecular formula is C32H36O12. The summed E-state index contributed by atoms with van der Waals surface area (Å²) in [5, 5.41) is 45.6. The van der Waals surface area contributed by atoms with Crippen molar-refractivity contribution in [1.29, 1.82) is 0 Å². The van der Waals surface area contributed by atoms with Crippen molar-refractivity contribution in [3.63, 3.8) is 0 Å². The molecule has 236 valence electrons. The largest absolute Gasteiger partial charge is 0.478 e. The Kier molecular flexibility index (Phi) is 39.1. The van der Waals surface area contributed by atoms with Crippen LogP contribution in [0.3, 0.4) is 0 Å². The minimum Gasteiger partial charge on any atom is -0.478 e. The molecule has 2 rings (SSSR count). The second-order valence-electron chi connectivity index (χ2n) is 6.41. The van der Waals surface area contributed by atoms with Gasteiger partial charge in [0, 0.05) is 36.5 Å². The first-order valence-corrected chi connectivity index (χ1v) is 11.5. The van der Waals surface area contributed by atoms with Crippen molar-refractivity contribution in [2.45, 2.75) is 0 Å². The maximum Gasteiger partial charge on any atom is 0.327 e. The number of hydrogen-bond acceptors (Lipinski definition) is 6. The van der Waals surface area contributed by atoms with Crippen molar-refractivity contribution in [3.8, 4) is 0 Å². The molecule has 6 N–H and O–H groups in total. The highest BCUT2D eigenvalue weighted by atomic mass is 16.4. The summed E-state index contributed by atoms with van der Waals surface area (Å²) in [6.45, 7) is 17.8. The summed E-state index contributed by atoms with van der Waals surface area (Å²) in [5.41, 5.74) is 2.47. The van der Waals surface area contributed by atoms with E-state index in [0.717, 1.165) is 36.5 Å². The van der Waals surface area contributed by atoms with Gasteiger partial charge in [0.25, 0.3) is 0 Å². The molecule has 0 spiro atoms. The SMILES string of the molecule is C(=Cc1ccccc1)c1ccccc1.C=CC(=O)O.C=CC(=O)O.C=CC(=O)O.C=CC(=O)O.C=CC(=O)O.C=CC(=O)O. The van der Waals surface area contributed by atoms with E-state index in [4.69, 9.17) is 30.6 Å². The van der Waals surface area contributed by atoms with Crippen LogP contribution in [0.25, 0.3) is 12.2 Å². The van der Waals surface area contributed by atoms with Gasteiger partial charge in [0.1, 0.15) is 0 Å². The molecule has 0 saturated heterocycles. The highest BCUT2D eigenvalue weighted by Gasteiger charge is 1.84. The Hall–Kier alpha value is -6.56. The summed E-state index contributed by atoms with van der Waals surface area (Å²) in [4.78, 5) is 55.5. The predicted octanol–water partition coefficient (Wildman–Crippen LogP) is 5.40. The molecule has 0 bridgehead atoms. The molecule has 12 heteroatoms. The first-order chi connectivity index (χ1) is 20.6. The van der Waals surface area contributed by atoms with Crippen LogP contribution in [-0.4, -0.2) is 66.5 Å². The number of carboxylic acid groups (broad SMARTS) is 6. The topological polar surface area (TPSA) is 224 Å². The third-order valence-corrected chi connectivity index (χ3v) is 3.12. The molecule has 2 aromatic rings. The van der Waals surface area contributed by atoms with Crippen LogP contribution in [0.5, 0.6) is 0 Å². The van der Waals surface area contributed by atoms with Gasteiger partial charge >= 0.3 is 35.8 Å². The monoisotopic (exact) mass is 612 g/mol. The Morgan fingerprint density at radius 2 is 0.500 bits per heavy atom. The van der Waals surface area contributed by atoms with Crippen LogP contribution in [0.1, 0.15) is 11.1 Å². The third kappa shape index (κ3) is 60.1. The molecular weight excluding hydrogens is 576 g/mol. The fourth-order valence-corrected chi connectivity index (χ4v) is 1.32. The van der Waals surface area contributed by atoms with Crippen LogP contribution in [0, 0.1) is 0 Å². The number of rotatable bonds is 8. The van der Waals surface area contributed by atoms with Crippen LogP contribution < -0.4 is 0 Å². The standard InChI is InChI=1S/C14H12.6C3H4O2/c1-3-7-13(8-4-1)11-12-14-9-5-2-6-10-14;6*1-2-3(4)5/h1-12H;6*2H,1H2,(H,4,5). The van der Waals surface area contributed by atoms with E-state index >= 15 is 0 Å². The van der Waals surface area contributed by atoms with E-state index in [1.807, 2.05) is 36.4 Å². The first kappa shape index (κ1) is 47.2. The fraction of sp³-hybridized carbons (Fsp3) is 0. The number of benzene rings is 2.